The first-order chi connectivity index (χ1) is 15.4. The van der Waals surface area contributed by atoms with Crippen LogP contribution in [0.25, 0.3) is 6.08 Å². The lowest BCUT2D eigenvalue weighted by Gasteiger charge is -2.16. The number of carbonyl (C=O) groups is 1. The second-order valence-corrected chi connectivity index (χ2v) is 7.50. The summed E-state index contributed by atoms with van der Waals surface area (Å²) in [5.41, 5.74) is 2.76. The molecule has 1 aliphatic heterocycles. The Hall–Kier alpha value is -4.04. The Morgan fingerprint density at radius 3 is 2.44 bits per heavy atom. The van der Waals surface area contributed by atoms with Gasteiger partial charge in [0, 0.05) is 19.2 Å². The number of amides is 1. The minimum atomic E-state index is -0.433. The Balaban J connectivity index is 1.47. The number of para-hydroxylation sites is 1. The minimum Gasteiger partial charge on any atom is -0.489 e. The highest BCUT2D eigenvalue weighted by atomic mass is 32.1. The summed E-state index contributed by atoms with van der Waals surface area (Å²) in [4.78, 5) is 26.7. The van der Waals surface area contributed by atoms with Crippen LogP contribution in [-0.2, 0) is 11.4 Å². The van der Waals surface area contributed by atoms with E-state index in [4.69, 9.17) is 17.0 Å². The van der Waals surface area contributed by atoms with Crippen LogP contribution < -0.4 is 9.64 Å². The molecule has 1 aliphatic rings. The molecule has 0 saturated carbocycles. The van der Waals surface area contributed by atoms with E-state index in [0.717, 1.165) is 11.3 Å². The van der Waals surface area contributed by atoms with Gasteiger partial charge in [0.15, 0.2) is 5.11 Å². The van der Waals surface area contributed by atoms with Crippen LogP contribution in [0.1, 0.15) is 11.1 Å². The molecule has 0 atom stereocenters. The van der Waals surface area contributed by atoms with E-state index in [1.807, 2.05) is 42.5 Å². The number of thiocarbonyl (C=S) groups is 1. The quantitative estimate of drug-likeness (QED) is 0.235. The molecular formula is C24H19N3O4S. The van der Waals surface area contributed by atoms with Crippen LogP contribution in [0.3, 0.4) is 0 Å². The van der Waals surface area contributed by atoms with Gasteiger partial charge in [-0.05, 0) is 53.7 Å². The van der Waals surface area contributed by atoms with Gasteiger partial charge in [-0.3, -0.25) is 19.8 Å². The summed E-state index contributed by atoms with van der Waals surface area (Å²) < 4.78 is 5.74. The van der Waals surface area contributed by atoms with Crippen molar-refractivity contribution in [3.05, 3.63) is 106 Å². The molecular weight excluding hydrogens is 426 g/mol. The summed E-state index contributed by atoms with van der Waals surface area (Å²) >= 11 is 5.47. The molecule has 1 fully saturated rings. The first kappa shape index (κ1) is 21.2. The summed E-state index contributed by atoms with van der Waals surface area (Å²) in [5.74, 6) is 0.431. The molecule has 0 radical (unpaired) electrons. The lowest BCUT2D eigenvalue weighted by atomic mass is 10.1. The number of hydrogen-bond acceptors (Lipinski definition) is 5. The fourth-order valence-electron chi connectivity index (χ4n) is 3.31. The predicted octanol–water partition coefficient (Wildman–Crippen LogP) is 4.78. The van der Waals surface area contributed by atoms with Gasteiger partial charge in [0.25, 0.3) is 11.6 Å². The maximum Gasteiger partial charge on any atom is 0.281 e. The molecule has 32 heavy (non-hydrogen) atoms. The average molecular weight is 446 g/mol. The van der Waals surface area contributed by atoms with Crippen molar-refractivity contribution in [3.8, 4) is 5.75 Å². The molecule has 1 saturated heterocycles. The topological polar surface area (TPSA) is 75.9 Å². The molecule has 3 aromatic rings. The van der Waals surface area contributed by atoms with Crippen molar-refractivity contribution < 1.29 is 14.5 Å². The highest BCUT2D eigenvalue weighted by Crippen LogP contribution is 2.28. The standard InChI is InChI=1S/C24H19N3O4S/c1-25-22(23(28)26(24(25)32)19-7-3-2-4-8-19)15-17-10-12-21(13-11-17)31-16-18-6-5-9-20(14-18)27(29)30/h2-15H,16H2,1H3. The van der Waals surface area contributed by atoms with Gasteiger partial charge in [0.2, 0.25) is 0 Å². The van der Waals surface area contributed by atoms with Crippen molar-refractivity contribution in [1.82, 2.24) is 4.90 Å². The van der Waals surface area contributed by atoms with Gasteiger partial charge >= 0.3 is 0 Å². The molecule has 0 bridgehead atoms. The fourth-order valence-corrected chi connectivity index (χ4v) is 3.59. The van der Waals surface area contributed by atoms with E-state index in [9.17, 15) is 14.9 Å². The zero-order chi connectivity index (χ0) is 22.7. The third kappa shape index (κ3) is 4.35. The summed E-state index contributed by atoms with van der Waals surface area (Å²) in [6, 6.07) is 22.9. The minimum absolute atomic E-state index is 0.0286. The smallest absolute Gasteiger partial charge is 0.281 e. The molecule has 1 heterocycles. The second-order valence-electron chi connectivity index (χ2n) is 7.13. The van der Waals surface area contributed by atoms with Crippen LogP contribution in [-0.4, -0.2) is 27.9 Å². The molecule has 0 spiro atoms. The molecule has 3 aromatic carbocycles. The normalized spacial score (nSPS) is 14.8. The van der Waals surface area contributed by atoms with Gasteiger partial charge in [0.05, 0.1) is 10.6 Å². The van der Waals surface area contributed by atoms with E-state index in [2.05, 4.69) is 0 Å². The first-order valence-electron chi connectivity index (χ1n) is 9.79. The summed E-state index contributed by atoms with van der Waals surface area (Å²) in [5, 5.41) is 11.3. The van der Waals surface area contributed by atoms with E-state index < -0.39 is 4.92 Å². The van der Waals surface area contributed by atoms with Crippen LogP contribution in [0.15, 0.2) is 84.6 Å². The fraction of sp³-hybridized carbons (Fsp3) is 0.0833. The number of ether oxygens (including phenoxy) is 1. The zero-order valence-electron chi connectivity index (χ0n) is 17.2. The maximum absolute atomic E-state index is 13.0. The largest absolute Gasteiger partial charge is 0.489 e. The van der Waals surface area contributed by atoms with Crippen LogP contribution in [0.2, 0.25) is 0 Å². The maximum atomic E-state index is 13.0. The molecule has 0 aromatic heterocycles. The lowest BCUT2D eigenvalue weighted by Crippen LogP contribution is -2.30. The van der Waals surface area contributed by atoms with Gasteiger partial charge in [0.1, 0.15) is 18.1 Å². The third-order valence-corrected chi connectivity index (χ3v) is 5.44. The van der Waals surface area contributed by atoms with Crippen LogP contribution in [0.4, 0.5) is 11.4 Å². The molecule has 7 nitrogen and oxygen atoms in total. The number of carbonyl (C=O) groups excluding carboxylic acids is 1. The Morgan fingerprint density at radius 2 is 1.75 bits per heavy atom. The lowest BCUT2D eigenvalue weighted by molar-refractivity contribution is -0.384. The van der Waals surface area contributed by atoms with E-state index in [1.54, 1.807) is 42.3 Å². The number of nitrogens with zero attached hydrogens (tertiary/aromatic N) is 3. The van der Waals surface area contributed by atoms with E-state index in [-0.39, 0.29) is 18.2 Å². The van der Waals surface area contributed by atoms with Crippen LogP contribution in [0.5, 0.6) is 5.75 Å². The number of rotatable bonds is 6. The molecule has 8 heteroatoms. The highest BCUT2D eigenvalue weighted by Gasteiger charge is 2.36. The number of likely N-dealkylation sites (N-methyl/N-ethyl adjacent to an activating group) is 1. The van der Waals surface area contributed by atoms with Crippen molar-refractivity contribution in [2.45, 2.75) is 6.61 Å². The van der Waals surface area contributed by atoms with Gasteiger partial charge in [-0.1, -0.05) is 42.5 Å². The van der Waals surface area contributed by atoms with Gasteiger partial charge in [-0.2, -0.15) is 0 Å². The van der Waals surface area contributed by atoms with Crippen LogP contribution in [0, 0.1) is 10.1 Å². The van der Waals surface area contributed by atoms with Gasteiger partial charge in [-0.25, -0.2) is 0 Å². The Morgan fingerprint density at radius 1 is 1.03 bits per heavy atom. The Kier molecular flexibility index (Phi) is 5.96. The molecule has 1 amide bonds. The number of anilines is 1. The SMILES string of the molecule is CN1C(=S)N(c2ccccc2)C(=O)C1=Cc1ccc(OCc2cccc([N+](=O)[O-])c2)cc1. The zero-order valence-corrected chi connectivity index (χ0v) is 18.0. The average Bonchev–Trinajstić information content (AvgIpc) is 3.02. The van der Waals surface area contributed by atoms with Crippen molar-refractivity contribution in [3.63, 3.8) is 0 Å². The molecule has 160 valence electrons. The second kappa shape index (κ2) is 8.99. The Labute approximate surface area is 190 Å². The van der Waals surface area contributed by atoms with Crippen molar-refractivity contribution in [1.29, 1.82) is 0 Å². The number of nitro groups is 1. The first-order valence-corrected chi connectivity index (χ1v) is 10.2. The molecule has 4 rings (SSSR count). The monoisotopic (exact) mass is 445 g/mol. The van der Waals surface area contributed by atoms with E-state index in [1.165, 1.54) is 17.0 Å². The van der Waals surface area contributed by atoms with E-state index in [0.29, 0.717) is 22.1 Å². The summed E-state index contributed by atoms with van der Waals surface area (Å²) in [7, 11) is 1.77. The third-order valence-electron chi connectivity index (χ3n) is 4.99. The molecule has 0 aliphatic carbocycles. The number of nitro benzene ring substituents is 1. The van der Waals surface area contributed by atoms with E-state index >= 15 is 0 Å². The van der Waals surface area contributed by atoms with Crippen LogP contribution >= 0.6 is 12.2 Å². The summed E-state index contributed by atoms with van der Waals surface area (Å²) in [6.45, 7) is 0.212. The molecule has 0 N–H and O–H groups in total. The van der Waals surface area contributed by atoms with Crippen molar-refractivity contribution >= 4 is 40.7 Å². The predicted molar refractivity (Wildman–Crippen MR) is 126 cm³/mol. The molecule has 0 unspecified atom stereocenters. The van der Waals surface area contributed by atoms with Crippen molar-refractivity contribution in [2.24, 2.45) is 0 Å². The highest BCUT2D eigenvalue weighted by molar-refractivity contribution is 7.80. The van der Waals surface area contributed by atoms with Crippen molar-refractivity contribution in [2.75, 3.05) is 11.9 Å². The number of non-ortho nitro benzene ring substituents is 1. The number of benzene rings is 3. The summed E-state index contributed by atoms with van der Waals surface area (Å²) in [6.07, 6.45) is 1.78. The van der Waals surface area contributed by atoms with Gasteiger partial charge < -0.3 is 9.64 Å². The number of hydrogen-bond donors (Lipinski definition) is 0. The Bertz CT molecular complexity index is 1210. The van der Waals surface area contributed by atoms with Gasteiger partial charge in [-0.15, -0.1) is 0 Å².